The lowest BCUT2D eigenvalue weighted by Crippen LogP contribution is -2.31. The second kappa shape index (κ2) is 6.58. The highest BCUT2D eigenvalue weighted by molar-refractivity contribution is 5.94. The molecule has 0 spiro atoms. The van der Waals surface area contributed by atoms with Crippen LogP contribution in [0.3, 0.4) is 0 Å². The van der Waals surface area contributed by atoms with E-state index in [1.54, 1.807) is 12.1 Å². The van der Waals surface area contributed by atoms with E-state index in [0.29, 0.717) is 43.7 Å². The normalized spacial score (nSPS) is 26.8. The second-order valence-corrected chi connectivity index (χ2v) is 8.69. The Bertz CT molecular complexity index is 940. The molecular weight excluding hydrogens is 381 g/mol. The standard InChI is InChI=1S/C21H23F3N4O/c1-27-10-16-18(11-27)25-26-19(16)20(29)28-8-13-6-12(7-14(13)9-28)15-4-2-3-5-17(15)21(22,23)24/h2-5,12-14H,6-11H2,1H3,(H,25,26)/t12-,13-,14+. The van der Waals surface area contributed by atoms with Crippen molar-refractivity contribution in [3.8, 4) is 0 Å². The molecule has 1 N–H and O–H groups in total. The number of carbonyl (C=O) groups is 1. The molecule has 0 radical (unpaired) electrons. The Morgan fingerprint density at radius 1 is 1.14 bits per heavy atom. The topological polar surface area (TPSA) is 52.2 Å². The van der Waals surface area contributed by atoms with Gasteiger partial charge in [0.15, 0.2) is 5.69 Å². The maximum Gasteiger partial charge on any atom is 0.416 e. The van der Waals surface area contributed by atoms with E-state index in [-0.39, 0.29) is 23.7 Å². The summed E-state index contributed by atoms with van der Waals surface area (Å²) in [5.41, 5.74) is 2.36. The van der Waals surface area contributed by atoms with Crippen LogP contribution in [0.4, 0.5) is 13.2 Å². The molecule has 5 nitrogen and oxygen atoms in total. The molecule has 3 aliphatic rings. The first-order valence-electron chi connectivity index (χ1n) is 10.0. The minimum Gasteiger partial charge on any atom is -0.337 e. The van der Waals surface area contributed by atoms with Crippen molar-refractivity contribution in [2.75, 3.05) is 20.1 Å². The molecular formula is C21H23F3N4O. The number of rotatable bonds is 2. The molecule has 1 saturated heterocycles. The fourth-order valence-corrected chi connectivity index (χ4v) is 5.46. The number of hydrogen-bond acceptors (Lipinski definition) is 3. The lowest BCUT2D eigenvalue weighted by molar-refractivity contribution is -0.138. The van der Waals surface area contributed by atoms with Gasteiger partial charge in [-0.05, 0) is 49.3 Å². The number of nitrogens with one attached hydrogen (secondary N) is 1. The Morgan fingerprint density at radius 3 is 2.52 bits per heavy atom. The van der Waals surface area contributed by atoms with Gasteiger partial charge in [0, 0.05) is 31.7 Å². The molecule has 5 rings (SSSR count). The fraction of sp³-hybridized carbons (Fsp3) is 0.524. The zero-order chi connectivity index (χ0) is 20.3. The van der Waals surface area contributed by atoms with Crippen molar-refractivity contribution in [2.45, 2.75) is 38.0 Å². The number of fused-ring (bicyclic) bond motifs is 2. The fourth-order valence-electron chi connectivity index (χ4n) is 5.46. The number of amides is 1. The van der Waals surface area contributed by atoms with E-state index in [9.17, 15) is 18.0 Å². The highest BCUT2D eigenvalue weighted by Crippen LogP contribution is 2.49. The predicted octanol–water partition coefficient (Wildman–Crippen LogP) is 3.64. The average molecular weight is 404 g/mol. The number of benzene rings is 1. The van der Waals surface area contributed by atoms with Crippen LogP contribution in [0.15, 0.2) is 24.3 Å². The van der Waals surface area contributed by atoms with Crippen LogP contribution in [-0.4, -0.2) is 46.0 Å². The minimum atomic E-state index is -4.33. The molecule has 2 aliphatic heterocycles. The first-order valence-corrected chi connectivity index (χ1v) is 10.0. The van der Waals surface area contributed by atoms with Crippen molar-refractivity contribution in [3.05, 3.63) is 52.3 Å². The molecule has 2 aromatic rings. The molecule has 1 aromatic carbocycles. The van der Waals surface area contributed by atoms with Gasteiger partial charge < -0.3 is 4.90 Å². The number of carbonyl (C=O) groups excluding carboxylic acids is 1. The zero-order valence-corrected chi connectivity index (χ0v) is 16.2. The molecule has 0 unspecified atom stereocenters. The Balaban J connectivity index is 1.30. The molecule has 0 bridgehead atoms. The Morgan fingerprint density at radius 2 is 1.83 bits per heavy atom. The van der Waals surface area contributed by atoms with E-state index in [4.69, 9.17) is 0 Å². The summed E-state index contributed by atoms with van der Waals surface area (Å²) in [5.74, 6) is 0.350. The minimum absolute atomic E-state index is 0.0561. The Labute approximate surface area is 166 Å². The Hall–Kier alpha value is -2.35. The first-order chi connectivity index (χ1) is 13.8. The lowest BCUT2D eigenvalue weighted by Gasteiger charge is -2.21. The van der Waals surface area contributed by atoms with Crippen molar-refractivity contribution < 1.29 is 18.0 Å². The van der Waals surface area contributed by atoms with Gasteiger partial charge >= 0.3 is 6.18 Å². The first kappa shape index (κ1) is 18.7. The summed E-state index contributed by atoms with van der Waals surface area (Å²) in [6, 6.07) is 5.92. The van der Waals surface area contributed by atoms with Gasteiger partial charge in [-0.25, -0.2) is 0 Å². The smallest absolute Gasteiger partial charge is 0.337 e. The summed E-state index contributed by atoms with van der Waals surface area (Å²) in [7, 11) is 2.00. The summed E-state index contributed by atoms with van der Waals surface area (Å²) < 4.78 is 40.2. The van der Waals surface area contributed by atoms with Crippen LogP contribution in [0.25, 0.3) is 0 Å². The molecule has 3 heterocycles. The molecule has 8 heteroatoms. The molecule has 2 fully saturated rings. The number of H-pyrrole nitrogens is 1. The number of likely N-dealkylation sites (tertiary alicyclic amines) is 1. The maximum absolute atomic E-state index is 13.4. The van der Waals surface area contributed by atoms with Crippen LogP contribution in [0.1, 0.15) is 51.6 Å². The highest BCUT2D eigenvalue weighted by Gasteiger charge is 2.45. The molecule has 154 valence electrons. The van der Waals surface area contributed by atoms with Gasteiger partial charge in [-0.1, -0.05) is 18.2 Å². The number of nitrogens with zero attached hydrogens (tertiary/aromatic N) is 3. The SMILES string of the molecule is CN1Cc2[nH]nc(C(=O)N3C[C@H]4C[C@@H](c5ccccc5C(F)(F)F)C[C@H]4C3)c2C1. The Kier molecular flexibility index (Phi) is 4.24. The molecule has 3 atom stereocenters. The number of aromatic nitrogens is 2. The number of alkyl halides is 3. The second-order valence-electron chi connectivity index (χ2n) is 8.69. The van der Waals surface area contributed by atoms with Gasteiger partial charge in [-0.15, -0.1) is 0 Å². The maximum atomic E-state index is 13.4. The summed E-state index contributed by atoms with van der Waals surface area (Å²) >= 11 is 0. The van der Waals surface area contributed by atoms with Crippen molar-refractivity contribution in [2.24, 2.45) is 11.8 Å². The van der Waals surface area contributed by atoms with E-state index in [1.807, 2.05) is 11.9 Å². The van der Waals surface area contributed by atoms with Crippen molar-refractivity contribution in [1.82, 2.24) is 20.0 Å². The van der Waals surface area contributed by atoms with Crippen molar-refractivity contribution in [1.29, 1.82) is 0 Å². The van der Waals surface area contributed by atoms with Crippen LogP contribution in [-0.2, 0) is 19.3 Å². The van der Waals surface area contributed by atoms with E-state index < -0.39 is 11.7 Å². The van der Waals surface area contributed by atoms with Crippen LogP contribution in [0, 0.1) is 11.8 Å². The third-order valence-electron chi connectivity index (χ3n) is 6.76. The van der Waals surface area contributed by atoms with Crippen LogP contribution in [0.5, 0.6) is 0 Å². The molecule has 1 saturated carbocycles. The molecule has 1 aliphatic carbocycles. The number of hydrogen-bond donors (Lipinski definition) is 1. The monoisotopic (exact) mass is 404 g/mol. The number of halogens is 3. The third-order valence-corrected chi connectivity index (χ3v) is 6.76. The summed E-state index contributed by atoms with van der Waals surface area (Å²) in [4.78, 5) is 17.0. The van der Waals surface area contributed by atoms with Crippen LogP contribution >= 0.6 is 0 Å². The van der Waals surface area contributed by atoms with Crippen LogP contribution < -0.4 is 0 Å². The number of aromatic amines is 1. The molecule has 1 aromatic heterocycles. The highest BCUT2D eigenvalue weighted by atomic mass is 19.4. The average Bonchev–Trinajstić information content (AvgIpc) is 3.39. The summed E-state index contributed by atoms with van der Waals surface area (Å²) in [5, 5.41) is 7.22. The summed E-state index contributed by atoms with van der Waals surface area (Å²) in [6.07, 6.45) is -2.93. The molecule has 1 amide bonds. The van der Waals surface area contributed by atoms with Crippen molar-refractivity contribution in [3.63, 3.8) is 0 Å². The molecule has 29 heavy (non-hydrogen) atoms. The zero-order valence-electron chi connectivity index (χ0n) is 16.2. The largest absolute Gasteiger partial charge is 0.416 e. The van der Waals surface area contributed by atoms with E-state index in [1.165, 1.54) is 12.1 Å². The van der Waals surface area contributed by atoms with Gasteiger partial charge in [0.1, 0.15) is 0 Å². The van der Waals surface area contributed by atoms with E-state index >= 15 is 0 Å². The van der Waals surface area contributed by atoms with Crippen molar-refractivity contribution >= 4 is 5.91 Å². The van der Waals surface area contributed by atoms with Gasteiger partial charge in [-0.2, -0.15) is 18.3 Å². The van der Waals surface area contributed by atoms with E-state index in [0.717, 1.165) is 17.8 Å². The quantitative estimate of drug-likeness (QED) is 0.832. The van der Waals surface area contributed by atoms with Gasteiger partial charge in [0.05, 0.1) is 11.3 Å². The van der Waals surface area contributed by atoms with Gasteiger partial charge in [0.2, 0.25) is 0 Å². The summed E-state index contributed by atoms with van der Waals surface area (Å²) in [6.45, 7) is 2.68. The van der Waals surface area contributed by atoms with Gasteiger partial charge in [-0.3, -0.25) is 14.8 Å². The van der Waals surface area contributed by atoms with Crippen LogP contribution in [0.2, 0.25) is 0 Å². The third kappa shape index (κ3) is 3.13. The van der Waals surface area contributed by atoms with E-state index in [2.05, 4.69) is 15.1 Å². The van der Waals surface area contributed by atoms with Gasteiger partial charge in [0.25, 0.3) is 5.91 Å². The lowest BCUT2D eigenvalue weighted by atomic mass is 9.91. The predicted molar refractivity (Wildman–Crippen MR) is 100 cm³/mol.